The van der Waals surface area contributed by atoms with Crippen molar-refractivity contribution in [3.8, 4) is 5.75 Å². The second kappa shape index (κ2) is 15.9. The van der Waals surface area contributed by atoms with Crippen LogP contribution < -0.4 is 15.4 Å². The van der Waals surface area contributed by atoms with Gasteiger partial charge in [0.2, 0.25) is 0 Å². The van der Waals surface area contributed by atoms with Gasteiger partial charge in [0.05, 0.1) is 6.54 Å². The van der Waals surface area contributed by atoms with Gasteiger partial charge < -0.3 is 25.0 Å². The molecule has 0 saturated heterocycles. The first-order valence-electron chi connectivity index (χ1n) is 9.42. The highest BCUT2D eigenvalue weighted by atomic mass is 127. The van der Waals surface area contributed by atoms with Crippen LogP contribution in [0.3, 0.4) is 0 Å². The molecule has 1 aromatic carbocycles. The second-order valence-corrected chi connectivity index (χ2v) is 6.62. The van der Waals surface area contributed by atoms with Crippen LogP contribution in [-0.2, 0) is 4.74 Å². The molecule has 0 aliphatic rings. The van der Waals surface area contributed by atoms with Crippen LogP contribution in [0.4, 0.5) is 0 Å². The van der Waals surface area contributed by atoms with Crippen molar-refractivity contribution in [1.29, 1.82) is 0 Å². The molecule has 156 valence electrons. The van der Waals surface area contributed by atoms with Crippen LogP contribution in [-0.4, -0.2) is 71.5 Å². The Kier molecular flexibility index (Phi) is 15.3. The van der Waals surface area contributed by atoms with E-state index in [2.05, 4.69) is 53.6 Å². The summed E-state index contributed by atoms with van der Waals surface area (Å²) in [5, 5.41) is 6.62. The lowest BCUT2D eigenvalue weighted by Crippen LogP contribution is -2.42. The topological polar surface area (TPSA) is 58.1 Å². The number of benzene rings is 1. The van der Waals surface area contributed by atoms with Gasteiger partial charge in [-0.15, -0.1) is 24.0 Å². The highest BCUT2D eigenvalue weighted by Gasteiger charge is 2.06. The molecule has 0 heterocycles. The van der Waals surface area contributed by atoms with E-state index < -0.39 is 0 Å². The van der Waals surface area contributed by atoms with Crippen LogP contribution in [0.25, 0.3) is 0 Å². The molecule has 0 atom stereocenters. The Morgan fingerprint density at radius 3 is 2.48 bits per heavy atom. The Bertz CT molecular complexity index is 526. The van der Waals surface area contributed by atoms with Crippen LogP contribution in [0.1, 0.15) is 31.7 Å². The van der Waals surface area contributed by atoms with E-state index in [0.717, 1.165) is 44.4 Å². The van der Waals surface area contributed by atoms with Crippen molar-refractivity contribution in [3.63, 3.8) is 0 Å². The van der Waals surface area contributed by atoms with Crippen LogP contribution in [0.15, 0.2) is 29.3 Å². The molecule has 0 saturated carbocycles. The summed E-state index contributed by atoms with van der Waals surface area (Å²) in [4.78, 5) is 6.53. The number of rotatable bonds is 12. The summed E-state index contributed by atoms with van der Waals surface area (Å²) in [6, 6.07) is 8.22. The van der Waals surface area contributed by atoms with E-state index in [1.165, 1.54) is 5.56 Å². The van der Waals surface area contributed by atoms with Crippen molar-refractivity contribution in [2.24, 2.45) is 4.99 Å². The van der Waals surface area contributed by atoms with Crippen molar-refractivity contribution < 1.29 is 9.47 Å². The SMILES string of the molecule is CN=C(NCCOc1ccccc1C(C)C)NCCN(C)CCCOC.I. The zero-order chi connectivity index (χ0) is 19.2. The zero-order valence-corrected chi connectivity index (χ0v) is 19.8. The van der Waals surface area contributed by atoms with E-state index in [1.54, 1.807) is 14.2 Å². The van der Waals surface area contributed by atoms with Crippen molar-refractivity contribution in [2.75, 3.05) is 60.6 Å². The molecule has 7 heteroatoms. The maximum absolute atomic E-state index is 5.93. The molecule has 1 rings (SSSR count). The molecule has 6 nitrogen and oxygen atoms in total. The number of halogens is 1. The predicted molar refractivity (Wildman–Crippen MR) is 125 cm³/mol. The third kappa shape index (κ3) is 11.4. The van der Waals surface area contributed by atoms with Gasteiger partial charge in [0, 0.05) is 40.4 Å². The number of aliphatic imine (C=N–C) groups is 1. The lowest BCUT2D eigenvalue weighted by molar-refractivity contribution is 0.180. The molecule has 0 aliphatic carbocycles. The summed E-state index contributed by atoms with van der Waals surface area (Å²) in [5.74, 6) is 2.22. The summed E-state index contributed by atoms with van der Waals surface area (Å²) < 4.78 is 11.0. The third-order valence-corrected chi connectivity index (χ3v) is 4.09. The fraction of sp³-hybridized carbons (Fsp3) is 0.650. The molecule has 27 heavy (non-hydrogen) atoms. The smallest absolute Gasteiger partial charge is 0.191 e. The van der Waals surface area contributed by atoms with Gasteiger partial charge in [-0.25, -0.2) is 0 Å². The van der Waals surface area contributed by atoms with Crippen molar-refractivity contribution in [3.05, 3.63) is 29.8 Å². The highest BCUT2D eigenvalue weighted by molar-refractivity contribution is 14.0. The molecule has 1 aromatic rings. The number of likely N-dealkylation sites (N-methyl/N-ethyl adjacent to an activating group) is 1. The van der Waals surface area contributed by atoms with Crippen LogP contribution in [0, 0.1) is 0 Å². The fourth-order valence-corrected chi connectivity index (χ4v) is 2.60. The van der Waals surface area contributed by atoms with E-state index in [9.17, 15) is 0 Å². The van der Waals surface area contributed by atoms with Crippen LogP contribution in [0.5, 0.6) is 5.75 Å². The number of nitrogens with one attached hydrogen (secondary N) is 2. The number of para-hydroxylation sites is 1. The lowest BCUT2D eigenvalue weighted by atomic mass is 10.0. The minimum Gasteiger partial charge on any atom is -0.491 e. The summed E-state index contributed by atoms with van der Waals surface area (Å²) in [5.41, 5.74) is 1.24. The van der Waals surface area contributed by atoms with E-state index in [4.69, 9.17) is 9.47 Å². The number of ether oxygens (including phenoxy) is 2. The van der Waals surface area contributed by atoms with E-state index >= 15 is 0 Å². The van der Waals surface area contributed by atoms with Gasteiger partial charge in [-0.1, -0.05) is 32.0 Å². The molecule has 0 unspecified atom stereocenters. The molecular formula is C20H37IN4O2. The van der Waals surface area contributed by atoms with Gasteiger partial charge in [-0.2, -0.15) is 0 Å². The molecule has 0 radical (unpaired) electrons. The van der Waals surface area contributed by atoms with Gasteiger partial charge >= 0.3 is 0 Å². The van der Waals surface area contributed by atoms with Crippen LogP contribution >= 0.6 is 24.0 Å². The molecular weight excluding hydrogens is 455 g/mol. The first-order chi connectivity index (χ1) is 12.6. The Morgan fingerprint density at radius 1 is 1.11 bits per heavy atom. The Morgan fingerprint density at radius 2 is 1.81 bits per heavy atom. The van der Waals surface area contributed by atoms with Crippen LogP contribution in [0.2, 0.25) is 0 Å². The summed E-state index contributed by atoms with van der Waals surface area (Å²) >= 11 is 0. The summed E-state index contributed by atoms with van der Waals surface area (Å²) in [6.07, 6.45) is 1.05. The number of hydrogen-bond acceptors (Lipinski definition) is 4. The maximum Gasteiger partial charge on any atom is 0.191 e. The van der Waals surface area contributed by atoms with E-state index in [-0.39, 0.29) is 24.0 Å². The Hall–Kier alpha value is -1.06. The molecule has 0 aromatic heterocycles. The molecule has 0 aliphatic heterocycles. The van der Waals surface area contributed by atoms with Crippen molar-refractivity contribution >= 4 is 29.9 Å². The largest absolute Gasteiger partial charge is 0.491 e. The number of nitrogens with zero attached hydrogens (tertiary/aromatic N) is 2. The molecule has 0 bridgehead atoms. The van der Waals surface area contributed by atoms with Gasteiger partial charge in [0.25, 0.3) is 0 Å². The van der Waals surface area contributed by atoms with E-state index in [1.807, 2.05) is 12.1 Å². The predicted octanol–water partition coefficient (Wildman–Crippen LogP) is 2.94. The van der Waals surface area contributed by atoms with Gasteiger partial charge in [0.15, 0.2) is 5.96 Å². The minimum atomic E-state index is 0. The molecule has 0 amide bonds. The zero-order valence-electron chi connectivity index (χ0n) is 17.5. The minimum absolute atomic E-state index is 0. The average Bonchev–Trinajstić information content (AvgIpc) is 2.64. The monoisotopic (exact) mass is 492 g/mol. The highest BCUT2D eigenvalue weighted by Crippen LogP contribution is 2.25. The molecule has 2 N–H and O–H groups in total. The third-order valence-electron chi connectivity index (χ3n) is 4.09. The first-order valence-corrected chi connectivity index (χ1v) is 9.42. The lowest BCUT2D eigenvalue weighted by Gasteiger charge is -2.18. The fourth-order valence-electron chi connectivity index (χ4n) is 2.60. The van der Waals surface area contributed by atoms with Crippen molar-refractivity contribution in [1.82, 2.24) is 15.5 Å². The van der Waals surface area contributed by atoms with Gasteiger partial charge in [-0.3, -0.25) is 4.99 Å². The molecule has 0 spiro atoms. The molecule has 0 fully saturated rings. The van der Waals surface area contributed by atoms with E-state index in [0.29, 0.717) is 19.1 Å². The second-order valence-electron chi connectivity index (χ2n) is 6.62. The summed E-state index contributed by atoms with van der Waals surface area (Å²) in [6.45, 7) is 9.31. The number of methoxy groups -OCH3 is 1. The quantitative estimate of drug-likeness (QED) is 0.204. The maximum atomic E-state index is 5.93. The number of guanidine groups is 1. The Balaban J connectivity index is 0.00000676. The summed E-state index contributed by atoms with van der Waals surface area (Å²) in [7, 11) is 5.64. The van der Waals surface area contributed by atoms with Gasteiger partial charge in [-0.05, 0) is 31.0 Å². The van der Waals surface area contributed by atoms with Gasteiger partial charge in [0.1, 0.15) is 12.4 Å². The Labute approximate surface area is 182 Å². The standard InChI is InChI=1S/C20H36N4O2.HI/c1-17(2)18-9-6-7-10-19(18)26-16-12-23-20(21-3)22-11-14-24(4)13-8-15-25-5;/h6-7,9-10,17H,8,11-16H2,1-5H3,(H2,21,22,23);1H. The number of hydrogen-bond donors (Lipinski definition) is 2. The average molecular weight is 492 g/mol. The van der Waals surface area contributed by atoms with Crippen molar-refractivity contribution in [2.45, 2.75) is 26.2 Å². The first kappa shape index (κ1) is 25.9. The normalized spacial score (nSPS) is 11.4.